The highest BCUT2D eigenvalue weighted by atomic mass is 32.2. The van der Waals surface area contributed by atoms with Crippen LogP contribution in [0.1, 0.15) is 44.1 Å². The molecule has 1 aromatic heterocycles. The summed E-state index contributed by atoms with van der Waals surface area (Å²) in [4.78, 5) is 14.7. The van der Waals surface area contributed by atoms with E-state index in [9.17, 15) is 13.2 Å². The molecule has 1 amide bonds. The van der Waals surface area contributed by atoms with E-state index in [-0.39, 0.29) is 17.2 Å². The van der Waals surface area contributed by atoms with E-state index in [4.69, 9.17) is 5.73 Å². The van der Waals surface area contributed by atoms with Crippen molar-refractivity contribution >= 4 is 33.0 Å². The highest BCUT2D eigenvalue weighted by molar-refractivity contribution is 7.94. The van der Waals surface area contributed by atoms with Gasteiger partial charge in [0.1, 0.15) is 4.21 Å². The summed E-state index contributed by atoms with van der Waals surface area (Å²) in [5.41, 5.74) is 6.83. The van der Waals surface area contributed by atoms with Gasteiger partial charge in [0.05, 0.1) is 11.6 Å². The number of amides is 1. The fraction of sp³-hybridized carbons (Fsp3) is 0.476. The Hall–Kier alpha value is -1.90. The largest absolute Gasteiger partial charge is 0.369 e. The number of hydrogen-bond acceptors (Lipinski definition) is 5. The van der Waals surface area contributed by atoms with E-state index in [1.165, 1.54) is 11.3 Å². The van der Waals surface area contributed by atoms with Gasteiger partial charge in [-0.3, -0.25) is 14.4 Å². The second-order valence-corrected chi connectivity index (χ2v) is 11.6. The highest BCUT2D eigenvalue weighted by Gasteiger charge is 2.26. The summed E-state index contributed by atoms with van der Waals surface area (Å²) in [7, 11) is -3.66. The van der Waals surface area contributed by atoms with Crippen LogP contribution >= 0.6 is 11.3 Å². The van der Waals surface area contributed by atoms with Crippen molar-refractivity contribution in [3.05, 3.63) is 46.8 Å². The number of likely N-dealkylation sites (tertiary alicyclic amines) is 1. The van der Waals surface area contributed by atoms with Crippen LogP contribution in [0.15, 0.2) is 40.6 Å². The Morgan fingerprint density at radius 1 is 1.24 bits per heavy atom. The van der Waals surface area contributed by atoms with Crippen LogP contribution in [0.4, 0.5) is 5.69 Å². The smallest absolute Gasteiger partial charge is 0.271 e. The Morgan fingerprint density at radius 2 is 1.97 bits per heavy atom. The van der Waals surface area contributed by atoms with E-state index in [2.05, 4.69) is 30.4 Å². The van der Waals surface area contributed by atoms with Crippen LogP contribution in [0.5, 0.6) is 0 Å². The molecule has 0 bridgehead atoms. The summed E-state index contributed by atoms with van der Waals surface area (Å²) < 4.78 is 29.0. The lowest BCUT2D eigenvalue weighted by molar-refractivity contribution is -0.123. The van der Waals surface area contributed by atoms with Crippen molar-refractivity contribution in [2.24, 2.45) is 11.7 Å². The molecule has 6 nitrogen and oxygen atoms in total. The molecular formula is C21H29N3O3S2. The molecule has 1 aliphatic rings. The number of primary amides is 1. The molecule has 1 aromatic carbocycles. The van der Waals surface area contributed by atoms with Crippen molar-refractivity contribution in [2.45, 2.75) is 49.8 Å². The topological polar surface area (TPSA) is 92.5 Å². The Balaban J connectivity index is 1.78. The molecule has 3 rings (SSSR count). The van der Waals surface area contributed by atoms with Gasteiger partial charge in [0.15, 0.2) is 0 Å². The van der Waals surface area contributed by atoms with Gasteiger partial charge in [-0.05, 0) is 48.6 Å². The zero-order chi connectivity index (χ0) is 21.2. The molecule has 0 saturated carbocycles. The first kappa shape index (κ1) is 21.8. The molecule has 3 N–H and O–H groups in total. The van der Waals surface area contributed by atoms with Gasteiger partial charge in [0.2, 0.25) is 5.91 Å². The van der Waals surface area contributed by atoms with Gasteiger partial charge in [0.25, 0.3) is 10.0 Å². The molecule has 2 heterocycles. The molecule has 1 saturated heterocycles. The second kappa shape index (κ2) is 8.45. The monoisotopic (exact) mass is 435 g/mol. The number of thiophene rings is 1. The van der Waals surface area contributed by atoms with Crippen molar-refractivity contribution in [3.8, 4) is 0 Å². The van der Waals surface area contributed by atoms with Gasteiger partial charge in [-0.2, -0.15) is 0 Å². The van der Waals surface area contributed by atoms with E-state index < -0.39 is 10.0 Å². The van der Waals surface area contributed by atoms with E-state index in [0.717, 1.165) is 29.8 Å². The van der Waals surface area contributed by atoms with Gasteiger partial charge in [-0.15, -0.1) is 11.3 Å². The normalized spacial score (nSPS) is 18.5. The van der Waals surface area contributed by atoms with Gasteiger partial charge in [-0.1, -0.05) is 39.0 Å². The molecule has 2 aromatic rings. The second-order valence-electron chi connectivity index (χ2n) is 8.61. The number of nitrogens with one attached hydrogen (secondary N) is 1. The van der Waals surface area contributed by atoms with E-state index >= 15 is 0 Å². The molecule has 1 atom stereocenters. The molecule has 0 aliphatic carbocycles. The van der Waals surface area contributed by atoms with Gasteiger partial charge >= 0.3 is 0 Å². The lowest BCUT2D eigenvalue weighted by Crippen LogP contribution is -2.40. The maximum absolute atomic E-state index is 13.0. The lowest BCUT2D eigenvalue weighted by atomic mass is 9.95. The molecule has 8 heteroatoms. The number of benzene rings is 1. The molecule has 0 radical (unpaired) electrons. The number of piperidine rings is 1. The number of anilines is 1. The summed E-state index contributed by atoms with van der Waals surface area (Å²) in [6.07, 6.45) is 1.72. The first-order chi connectivity index (χ1) is 13.6. The Labute approximate surface area is 177 Å². The van der Waals surface area contributed by atoms with Gasteiger partial charge < -0.3 is 5.73 Å². The van der Waals surface area contributed by atoms with Crippen LogP contribution in [0.3, 0.4) is 0 Å². The number of nitrogens with two attached hydrogens (primary N) is 1. The zero-order valence-corrected chi connectivity index (χ0v) is 18.8. The van der Waals surface area contributed by atoms with Crippen LogP contribution in [-0.4, -0.2) is 32.3 Å². The Morgan fingerprint density at radius 3 is 2.62 bits per heavy atom. The molecular weight excluding hydrogens is 406 g/mol. The number of sulfonamides is 1. The third-order valence-electron chi connectivity index (χ3n) is 5.15. The van der Waals surface area contributed by atoms with Crippen LogP contribution in [0, 0.1) is 5.92 Å². The van der Waals surface area contributed by atoms with Gasteiger partial charge in [0, 0.05) is 18.0 Å². The number of rotatable bonds is 6. The Kier molecular flexibility index (Phi) is 6.36. The average molecular weight is 436 g/mol. The molecule has 158 valence electrons. The number of hydrogen-bond donors (Lipinski definition) is 2. The molecule has 29 heavy (non-hydrogen) atoms. The van der Waals surface area contributed by atoms with E-state index in [1.54, 1.807) is 12.1 Å². The predicted molar refractivity (Wildman–Crippen MR) is 117 cm³/mol. The number of nitrogens with zero attached hydrogens (tertiary/aromatic N) is 1. The lowest BCUT2D eigenvalue weighted by Gasteiger charge is -2.31. The predicted octanol–water partition coefficient (Wildman–Crippen LogP) is 3.54. The van der Waals surface area contributed by atoms with Crippen LogP contribution in [0.2, 0.25) is 0 Å². The SMILES string of the molecule is CC(C)(C)c1ccc(S(=O)(=O)Nc2ccccc2CN2CCC[C@@H](C(N)=O)C2)s1. The summed E-state index contributed by atoms with van der Waals surface area (Å²) in [6, 6.07) is 11.0. The van der Waals surface area contributed by atoms with Crippen LogP contribution < -0.4 is 10.5 Å². The van der Waals surface area contributed by atoms with Crippen LogP contribution in [-0.2, 0) is 26.8 Å². The molecule has 0 unspecified atom stereocenters. The van der Waals surface area contributed by atoms with Crippen molar-refractivity contribution in [1.29, 1.82) is 0 Å². The van der Waals surface area contributed by atoms with E-state index in [0.29, 0.717) is 23.0 Å². The molecule has 1 fully saturated rings. The van der Waals surface area contributed by atoms with Gasteiger partial charge in [-0.25, -0.2) is 8.42 Å². The quantitative estimate of drug-likeness (QED) is 0.726. The summed E-state index contributed by atoms with van der Waals surface area (Å²) in [5, 5.41) is 0. The number of para-hydroxylation sites is 1. The summed E-state index contributed by atoms with van der Waals surface area (Å²) in [5.74, 6) is -0.412. The highest BCUT2D eigenvalue weighted by Crippen LogP contribution is 2.33. The first-order valence-electron chi connectivity index (χ1n) is 9.79. The standard InChI is InChI=1S/C21H29N3O3S2/c1-21(2,3)18-10-11-19(28-18)29(26,27)23-17-9-5-4-7-15(17)13-24-12-6-8-16(14-24)20(22)25/h4-5,7,9-11,16,23H,6,8,12-14H2,1-3H3,(H2,22,25)/t16-/m1/s1. The third-order valence-corrected chi connectivity index (χ3v) is 8.52. The van der Waals surface area contributed by atoms with Crippen molar-refractivity contribution in [2.75, 3.05) is 17.8 Å². The number of carbonyl (C=O) groups is 1. The maximum Gasteiger partial charge on any atom is 0.271 e. The average Bonchev–Trinajstić information content (AvgIpc) is 3.15. The van der Waals surface area contributed by atoms with Crippen molar-refractivity contribution in [1.82, 2.24) is 4.90 Å². The van der Waals surface area contributed by atoms with Crippen molar-refractivity contribution < 1.29 is 13.2 Å². The minimum atomic E-state index is -3.66. The zero-order valence-electron chi connectivity index (χ0n) is 17.1. The van der Waals surface area contributed by atoms with E-state index in [1.807, 2.05) is 24.3 Å². The third kappa shape index (κ3) is 5.38. The molecule has 0 spiro atoms. The summed E-state index contributed by atoms with van der Waals surface area (Å²) in [6.45, 7) is 8.24. The van der Waals surface area contributed by atoms with Crippen molar-refractivity contribution in [3.63, 3.8) is 0 Å². The number of carbonyl (C=O) groups excluding carboxylic acids is 1. The fourth-order valence-corrected chi connectivity index (χ4v) is 5.96. The minimum absolute atomic E-state index is 0.0957. The molecule has 1 aliphatic heterocycles. The maximum atomic E-state index is 13.0. The fourth-order valence-electron chi connectivity index (χ4n) is 3.49. The Bertz CT molecular complexity index is 977. The first-order valence-corrected chi connectivity index (χ1v) is 12.1. The summed E-state index contributed by atoms with van der Waals surface area (Å²) >= 11 is 1.30. The minimum Gasteiger partial charge on any atom is -0.369 e. The van der Waals surface area contributed by atoms with Crippen LogP contribution in [0.25, 0.3) is 0 Å².